The van der Waals surface area contributed by atoms with Gasteiger partial charge in [0.1, 0.15) is 29.2 Å². The van der Waals surface area contributed by atoms with Crippen LogP contribution in [0.4, 0.5) is 8.78 Å². The Hall–Kier alpha value is -2.21. The van der Waals surface area contributed by atoms with Crippen LogP contribution in [0, 0.1) is 11.6 Å². The van der Waals surface area contributed by atoms with Gasteiger partial charge in [-0.3, -0.25) is 9.69 Å². The Bertz CT molecular complexity index is 678. The maximum Gasteiger partial charge on any atom is 0.320 e. The number of carboxylic acids is 1. The lowest BCUT2D eigenvalue weighted by Gasteiger charge is -2.19. The Morgan fingerprint density at radius 3 is 2.68 bits per heavy atom. The van der Waals surface area contributed by atoms with Gasteiger partial charge in [0.05, 0.1) is 12.1 Å². The van der Waals surface area contributed by atoms with E-state index in [4.69, 9.17) is 9.52 Å². The third-order valence-electron chi connectivity index (χ3n) is 3.88. The third-order valence-corrected chi connectivity index (χ3v) is 3.88. The Balaban J connectivity index is 1.81. The molecular weight excluding hydrogens is 292 g/mol. The standard InChI is InChI=1S/C16H15F2NO3/c17-11-3-1-4-12(18)15(11)14-7-6-10(22-14)9-19-8-2-5-13(19)16(20)21/h1,3-4,6-7,13H,2,5,8-9H2,(H,20,21)/t13-/m0/s1. The minimum absolute atomic E-state index is 0.108. The summed E-state index contributed by atoms with van der Waals surface area (Å²) in [6.45, 7) is 0.980. The van der Waals surface area contributed by atoms with E-state index in [0.29, 0.717) is 25.3 Å². The molecule has 1 aromatic heterocycles. The van der Waals surface area contributed by atoms with E-state index in [-0.39, 0.29) is 11.3 Å². The van der Waals surface area contributed by atoms with E-state index in [1.807, 2.05) is 0 Å². The first-order chi connectivity index (χ1) is 10.6. The van der Waals surface area contributed by atoms with Gasteiger partial charge in [0, 0.05) is 0 Å². The van der Waals surface area contributed by atoms with Crippen molar-refractivity contribution in [3.8, 4) is 11.3 Å². The van der Waals surface area contributed by atoms with Crippen LogP contribution in [-0.2, 0) is 11.3 Å². The molecule has 1 atom stereocenters. The highest BCUT2D eigenvalue weighted by molar-refractivity contribution is 5.73. The molecule has 0 saturated carbocycles. The predicted octanol–water partition coefficient (Wildman–Crippen LogP) is 3.27. The molecule has 1 aromatic carbocycles. The molecule has 116 valence electrons. The van der Waals surface area contributed by atoms with Gasteiger partial charge in [-0.2, -0.15) is 0 Å². The van der Waals surface area contributed by atoms with Crippen LogP contribution in [0.2, 0.25) is 0 Å². The average molecular weight is 307 g/mol. The molecule has 1 aliphatic rings. The summed E-state index contributed by atoms with van der Waals surface area (Å²) in [6.07, 6.45) is 1.41. The van der Waals surface area contributed by atoms with Crippen molar-refractivity contribution in [2.45, 2.75) is 25.4 Å². The number of nitrogens with zero attached hydrogens (tertiary/aromatic N) is 1. The lowest BCUT2D eigenvalue weighted by Crippen LogP contribution is -2.35. The molecule has 6 heteroatoms. The molecule has 0 spiro atoms. The second kappa shape index (κ2) is 5.88. The summed E-state index contributed by atoms with van der Waals surface area (Å²) in [5, 5.41) is 9.15. The van der Waals surface area contributed by atoms with Gasteiger partial charge >= 0.3 is 5.97 Å². The zero-order valence-electron chi connectivity index (χ0n) is 11.8. The van der Waals surface area contributed by atoms with Gasteiger partial charge in [0.2, 0.25) is 0 Å². The van der Waals surface area contributed by atoms with Crippen LogP contribution < -0.4 is 0 Å². The molecule has 0 bridgehead atoms. The van der Waals surface area contributed by atoms with Crippen molar-refractivity contribution in [1.29, 1.82) is 0 Å². The van der Waals surface area contributed by atoms with Gasteiger partial charge in [-0.1, -0.05) is 6.07 Å². The molecule has 2 aromatic rings. The van der Waals surface area contributed by atoms with Crippen molar-refractivity contribution in [2.75, 3.05) is 6.54 Å². The quantitative estimate of drug-likeness (QED) is 0.942. The second-order valence-corrected chi connectivity index (χ2v) is 5.33. The fourth-order valence-corrected chi connectivity index (χ4v) is 2.83. The summed E-state index contributed by atoms with van der Waals surface area (Å²) < 4.78 is 33.0. The maximum atomic E-state index is 13.7. The Morgan fingerprint density at radius 1 is 1.27 bits per heavy atom. The molecule has 0 amide bonds. The number of aliphatic carboxylic acids is 1. The van der Waals surface area contributed by atoms with Crippen molar-refractivity contribution < 1.29 is 23.1 Å². The first-order valence-electron chi connectivity index (χ1n) is 7.06. The number of carbonyl (C=O) groups is 1. The molecule has 1 N–H and O–H groups in total. The number of rotatable bonds is 4. The number of carboxylic acid groups (broad SMARTS) is 1. The van der Waals surface area contributed by atoms with Crippen LogP contribution in [0.3, 0.4) is 0 Å². The molecule has 4 nitrogen and oxygen atoms in total. The van der Waals surface area contributed by atoms with Gasteiger partial charge in [0.15, 0.2) is 0 Å². The number of furan rings is 1. The fourth-order valence-electron chi connectivity index (χ4n) is 2.83. The van der Waals surface area contributed by atoms with Crippen LogP contribution in [0.1, 0.15) is 18.6 Å². The second-order valence-electron chi connectivity index (χ2n) is 5.33. The predicted molar refractivity (Wildman–Crippen MR) is 75.1 cm³/mol. The zero-order chi connectivity index (χ0) is 15.7. The van der Waals surface area contributed by atoms with Crippen LogP contribution in [-0.4, -0.2) is 28.6 Å². The fraction of sp³-hybridized carbons (Fsp3) is 0.312. The van der Waals surface area contributed by atoms with E-state index in [1.54, 1.807) is 11.0 Å². The summed E-state index contributed by atoms with van der Waals surface area (Å²) >= 11 is 0. The minimum atomic E-state index is -0.857. The normalized spacial score (nSPS) is 18.7. The van der Waals surface area contributed by atoms with Gasteiger partial charge in [-0.25, -0.2) is 8.78 Å². The summed E-state index contributed by atoms with van der Waals surface area (Å²) in [5.74, 6) is -1.64. The van der Waals surface area contributed by atoms with E-state index in [9.17, 15) is 13.6 Å². The summed E-state index contributed by atoms with van der Waals surface area (Å²) in [5.41, 5.74) is -0.204. The van der Waals surface area contributed by atoms with Crippen LogP contribution in [0.5, 0.6) is 0 Å². The van der Waals surface area contributed by atoms with Crippen molar-refractivity contribution >= 4 is 5.97 Å². The largest absolute Gasteiger partial charge is 0.480 e. The number of likely N-dealkylation sites (tertiary alicyclic amines) is 1. The maximum absolute atomic E-state index is 13.7. The smallest absolute Gasteiger partial charge is 0.320 e. The van der Waals surface area contributed by atoms with E-state index in [1.165, 1.54) is 24.3 Å². The van der Waals surface area contributed by atoms with Crippen molar-refractivity contribution in [3.63, 3.8) is 0 Å². The molecule has 2 heterocycles. The molecule has 0 aliphatic carbocycles. The SMILES string of the molecule is O=C(O)[C@@H]1CCCN1Cc1ccc(-c2c(F)cccc2F)o1. The van der Waals surface area contributed by atoms with Gasteiger partial charge < -0.3 is 9.52 Å². The molecular formula is C16H15F2NO3. The van der Waals surface area contributed by atoms with Crippen molar-refractivity contribution in [1.82, 2.24) is 4.90 Å². The molecule has 0 unspecified atom stereocenters. The van der Waals surface area contributed by atoms with Crippen LogP contribution in [0.25, 0.3) is 11.3 Å². The highest BCUT2D eigenvalue weighted by Crippen LogP contribution is 2.29. The molecule has 3 rings (SSSR count). The third kappa shape index (κ3) is 2.74. The zero-order valence-corrected chi connectivity index (χ0v) is 11.8. The minimum Gasteiger partial charge on any atom is -0.480 e. The number of benzene rings is 1. The monoisotopic (exact) mass is 307 g/mol. The molecule has 1 saturated heterocycles. The molecule has 1 fully saturated rings. The first-order valence-corrected chi connectivity index (χ1v) is 7.06. The van der Waals surface area contributed by atoms with E-state index in [2.05, 4.69) is 0 Å². The first kappa shape index (κ1) is 14.7. The molecule has 22 heavy (non-hydrogen) atoms. The highest BCUT2D eigenvalue weighted by Gasteiger charge is 2.31. The lowest BCUT2D eigenvalue weighted by molar-refractivity contribution is -0.142. The number of halogens is 2. The summed E-state index contributed by atoms with van der Waals surface area (Å²) in [7, 11) is 0. The van der Waals surface area contributed by atoms with Gasteiger partial charge in [-0.05, 0) is 43.7 Å². The molecule has 1 aliphatic heterocycles. The van der Waals surface area contributed by atoms with E-state index in [0.717, 1.165) is 6.42 Å². The van der Waals surface area contributed by atoms with Gasteiger partial charge in [0.25, 0.3) is 0 Å². The van der Waals surface area contributed by atoms with Gasteiger partial charge in [-0.15, -0.1) is 0 Å². The van der Waals surface area contributed by atoms with Crippen LogP contribution in [0.15, 0.2) is 34.7 Å². The summed E-state index contributed by atoms with van der Waals surface area (Å²) in [6, 6.07) is 6.22. The number of hydrogen-bond donors (Lipinski definition) is 1. The Kier molecular flexibility index (Phi) is 3.94. The highest BCUT2D eigenvalue weighted by atomic mass is 19.1. The Morgan fingerprint density at radius 2 is 2.00 bits per heavy atom. The topological polar surface area (TPSA) is 53.7 Å². The van der Waals surface area contributed by atoms with Crippen molar-refractivity contribution in [2.24, 2.45) is 0 Å². The molecule has 0 radical (unpaired) electrons. The lowest BCUT2D eigenvalue weighted by atomic mass is 10.1. The average Bonchev–Trinajstić information content (AvgIpc) is 3.09. The summed E-state index contributed by atoms with van der Waals surface area (Å²) in [4.78, 5) is 12.9. The van der Waals surface area contributed by atoms with Crippen molar-refractivity contribution in [3.05, 3.63) is 47.7 Å². The van der Waals surface area contributed by atoms with E-state index >= 15 is 0 Å². The number of hydrogen-bond acceptors (Lipinski definition) is 3. The Labute approximate surface area is 126 Å². The van der Waals surface area contributed by atoms with E-state index < -0.39 is 23.6 Å². The van der Waals surface area contributed by atoms with Crippen LogP contribution >= 0.6 is 0 Å².